The number of carbonyl (C=O) groups is 1. The fraction of sp³-hybridized carbons (Fsp3) is 0.357. The number of amides is 1. The topological polar surface area (TPSA) is 42.4 Å². The van der Waals surface area contributed by atoms with Gasteiger partial charge in [-0.25, -0.2) is 0 Å². The van der Waals surface area contributed by atoms with Crippen LogP contribution in [-0.2, 0) is 4.79 Å². The zero-order valence-corrected chi connectivity index (χ0v) is 18.7. The van der Waals surface area contributed by atoms with Crippen LogP contribution >= 0.6 is 0 Å². The highest BCUT2D eigenvalue weighted by molar-refractivity contribution is 5.79. The molecular weight excluding hydrogens is 396 g/mol. The fourth-order valence-electron chi connectivity index (χ4n) is 4.76. The van der Waals surface area contributed by atoms with E-state index in [1.807, 2.05) is 29.3 Å². The maximum Gasteiger partial charge on any atom is 0.225 e. The first-order valence-corrected chi connectivity index (χ1v) is 11.8. The molecule has 0 spiro atoms. The second-order valence-corrected chi connectivity index (χ2v) is 8.99. The maximum atomic E-state index is 12.4. The van der Waals surface area contributed by atoms with E-state index in [1.165, 1.54) is 23.1 Å². The third kappa shape index (κ3) is 4.27. The molecule has 0 unspecified atom stereocenters. The summed E-state index contributed by atoms with van der Waals surface area (Å²) in [5.74, 6) is 1.55. The molecule has 1 saturated heterocycles. The Morgan fingerprint density at radius 3 is 2.31 bits per heavy atom. The highest BCUT2D eigenvalue weighted by atomic mass is 16.5. The van der Waals surface area contributed by atoms with Crippen molar-refractivity contribution in [1.82, 2.24) is 9.88 Å². The minimum absolute atomic E-state index is 0.181. The van der Waals surface area contributed by atoms with Crippen molar-refractivity contribution >= 4 is 5.91 Å². The summed E-state index contributed by atoms with van der Waals surface area (Å²) < 4.78 is 6.25. The standard InChI is InChI=1S/C28H30N2O2/c1-20-25(8-5-9-26(20)27-10-2-3-17-29-27)21-11-13-23(14-12-21)32-24-15-18-30(19-16-24)28(31)22-6-4-7-22/h2-3,5,8-14,17,22,24H,4,6-7,15-16,18-19H2,1H3. The summed E-state index contributed by atoms with van der Waals surface area (Å²) in [6.45, 7) is 3.79. The Balaban J connectivity index is 1.23. The molecule has 0 radical (unpaired) electrons. The zero-order chi connectivity index (χ0) is 21.9. The third-order valence-corrected chi connectivity index (χ3v) is 6.95. The summed E-state index contributed by atoms with van der Waals surface area (Å²) in [5.41, 5.74) is 5.76. The summed E-state index contributed by atoms with van der Waals surface area (Å²) in [5, 5.41) is 0. The van der Waals surface area contributed by atoms with Crippen LogP contribution in [0.1, 0.15) is 37.7 Å². The average molecular weight is 427 g/mol. The van der Waals surface area contributed by atoms with Crippen LogP contribution in [0.2, 0.25) is 0 Å². The largest absolute Gasteiger partial charge is 0.490 e. The highest BCUT2D eigenvalue weighted by Crippen LogP contribution is 2.33. The normalized spacial score (nSPS) is 17.1. The van der Waals surface area contributed by atoms with Crippen molar-refractivity contribution in [3.63, 3.8) is 0 Å². The number of pyridine rings is 1. The quantitative estimate of drug-likeness (QED) is 0.511. The number of carbonyl (C=O) groups excluding carboxylic acids is 1. The van der Waals surface area contributed by atoms with Crippen molar-refractivity contribution in [2.75, 3.05) is 13.1 Å². The van der Waals surface area contributed by atoms with Crippen molar-refractivity contribution in [1.29, 1.82) is 0 Å². The molecule has 1 saturated carbocycles. The van der Waals surface area contributed by atoms with Crippen molar-refractivity contribution in [2.24, 2.45) is 5.92 Å². The van der Waals surface area contributed by atoms with Crippen LogP contribution in [0.3, 0.4) is 0 Å². The third-order valence-electron chi connectivity index (χ3n) is 6.95. The van der Waals surface area contributed by atoms with E-state index >= 15 is 0 Å². The predicted octanol–water partition coefficient (Wildman–Crippen LogP) is 5.89. The summed E-state index contributed by atoms with van der Waals surface area (Å²) in [6.07, 6.45) is 7.19. The lowest BCUT2D eigenvalue weighted by atomic mass is 9.84. The van der Waals surface area contributed by atoms with E-state index in [1.54, 1.807) is 0 Å². The molecule has 5 rings (SSSR count). The number of nitrogens with zero attached hydrogens (tertiary/aromatic N) is 2. The minimum Gasteiger partial charge on any atom is -0.490 e. The number of rotatable bonds is 5. The van der Waals surface area contributed by atoms with E-state index in [4.69, 9.17) is 4.74 Å². The molecule has 2 aliphatic rings. The lowest BCUT2D eigenvalue weighted by Gasteiger charge is -2.36. The number of hydrogen-bond acceptors (Lipinski definition) is 3. The molecule has 1 aromatic heterocycles. The molecule has 32 heavy (non-hydrogen) atoms. The van der Waals surface area contributed by atoms with Gasteiger partial charge in [0, 0.05) is 43.6 Å². The van der Waals surface area contributed by atoms with Crippen molar-refractivity contribution in [3.8, 4) is 28.1 Å². The molecule has 0 bridgehead atoms. The van der Waals surface area contributed by atoms with Gasteiger partial charge in [-0.15, -0.1) is 0 Å². The summed E-state index contributed by atoms with van der Waals surface area (Å²) in [6, 6.07) is 20.8. The maximum absolute atomic E-state index is 12.4. The van der Waals surface area contributed by atoms with Gasteiger partial charge < -0.3 is 9.64 Å². The van der Waals surface area contributed by atoms with Gasteiger partial charge in [-0.3, -0.25) is 9.78 Å². The first kappa shape index (κ1) is 20.7. The van der Waals surface area contributed by atoms with Crippen LogP contribution in [-0.4, -0.2) is 35.0 Å². The van der Waals surface area contributed by atoms with Gasteiger partial charge >= 0.3 is 0 Å². The van der Waals surface area contributed by atoms with E-state index in [9.17, 15) is 4.79 Å². The second kappa shape index (κ2) is 9.15. The lowest BCUT2D eigenvalue weighted by molar-refractivity contribution is -0.140. The van der Waals surface area contributed by atoms with Gasteiger partial charge in [0.1, 0.15) is 11.9 Å². The Hall–Kier alpha value is -3.14. The molecule has 4 heteroatoms. The average Bonchev–Trinajstić information content (AvgIpc) is 2.80. The van der Waals surface area contributed by atoms with Crippen LogP contribution < -0.4 is 4.74 Å². The number of aromatic nitrogens is 1. The summed E-state index contributed by atoms with van der Waals surface area (Å²) in [7, 11) is 0. The Labute approximate surface area is 190 Å². The van der Waals surface area contributed by atoms with E-state index < -0.39 is 0 Å². The zero-order valence-electron chi connectivity index (χ0n) is 18.7. The molecule has 1 amide bonds. The van der Waals surface area contributed by atoms with Crippen LogP contribution in [0.5, 0.6) is 5.75 Å². The van der Waals surface area contributed by atoms with Crippen LogP contribution in [0.15, 0.2) is 66.9 Å². The Kier molecular flexibility index (Phi) is 5.93. The SMILES string of the molecule is Cc1c(-c2ccc(OC3CCN(C(=O)C4CCC4)CC3)cc2)cccc1-c1ccccn1. The second-order valence-electron chi connectivity index (χ2n) is 8.99. The molecule has 0 atom stereocenters. The molecule has 2 aromatic carbocycles. The van der Waals surface area contributed by atoms with Gasteiger partial charge in [0.2, 0.25) is 5.91 Å². The minimum atomic E-state index is 0.181. The highest BCUT2D eigenvalue weighted by Gasteiger charge is 2.32. The Bertz CT molecular complexity index is 1070. The molecule has 164 valence electrons. The number of hydrogen-bond donors (Lipinski definition) is 0. The van der Waals surface area contributed by atoms with Gasteiger partial charge in [0.15, 0.2) is 0 Å². The molecule has 0 N–H and O–H groups in total. The predicted molar refractivity (Wildman–Crippen MR) is 127 cm³/mol. The van der Waals surface area contributed by atoms with Crippen molar-refractivity contribution < 1.29 is 9.53 Å². The Morgan fingerprint density at radius 1 is 0.906 bits per heavy atom. The number of ether oxygens (including phenoxy) is 1. The smallest absolute Gasteiger partial charge is 0.225 e. The van der Waals surface area contributed by atoms with E-state index in [-0.39, 0.29) is 6.10 Å². The van der Waals surface area contributed by atoms with E-state index in [2.05, 4.69) is 54.4 Å². The fourth-order valence-corrected chi connectivity index (χ4v) is 4.76. The number of likely N-dealkylation sites (tertiary alicyclic amines) is 1. The van der Waals surface area contributed by atoms with Gasteiger partial charge in [-0.1, -0.05) is 42.8 Å². The van der Waals surface area contributed by atoms with Crippen molar-refractivity contribution in [3.05, 3.63) is 72.4 Å². The van der Waals surface area contributed by atoms with Crippen molar-refractivity contribution in [2.45, 2.75) is 45.1 Å². The Morgan fingerprint density at radius 2 is 1.66 bits per heavy atom. The van der Waals surface area contributed by atoms with Gasteiger partial charge in [0.25, 0.3) is 0 Å². The number of piperidine rings is 1. The van der Waals surface area contributed by atoms with Crippen LogP contribution in [0.25, 0.3) is 22.4 Å². The van der Waals surface area contributed by atoms with Gasteiger partial charge in [-0.2, -0.15) is 0 Å². The summed E-state index contributed by atoms with van der Waals surface area (Å²) >= 11 is 0. The molecule has 2 heterocycles. The number of benzene rings is 2. The van der Waals surface area contributed by atoms with Crippen LogP contribution in [0.4, 0.5) is 0 Å². The molecule has 2 fully saturated rings. The monoisotopic (exact) mass is 426 g/mol. The van der Waals surface area contributed by atoms with Gasteiger partial charge in [-0.05, 0) is 60.7 Å². The molecule has 3 aromatic rings. The molecular formula is C28H30N2O2. The molecule has 1 aliphatic carbocycles. The first-order chi connectivity index (χ1) is 15.7. The molecule has 4 nitrogen and oxygen atoms in total. The van der Waals surface area contributed by atoms with Gasteiger partial charge in [0.05, 0.1) is 5.69 Å². The lowest BCUT2D eigenvalue weighted by Crippen LogP contribution is -2.45. The van der Waals surface area contributed by atoms with Crippen LogP contribution in [0, 0.1) is 12.8 Å². The summed E-state index contributed by atoms with van der Waals surface area (Å²) in [4.78, 5) is 19.0. The van der Waals surface area contributed by atoms with E-state index in [0.717, 1.165) is 55.8 Å². The first-order valence-electron chi connectivity index (χ1n) is 11.8. The molecule has 1 aliphatic heterocycles. The van der Waals surface area contributed by atoms with E-state index in [0.29, 0.717) is 11.8 Å².